The third kappa shape index (κ3) is 2.94. The minimum Gasteiger partial charge on any atom is -0.307 e. The van der Waals surface area contributed by atoms with Gasteiger partial charge in [0.1, 0.15) is 0 Å². The molecule has 0 saturated heterocycles. The number of carbonyl (C=O) groups is 1. The summed E-state index contributed by atoms with van der Waals surface area (Å²) in [6, 6.07) is 17.1. The summed E-state index contributed by atoms with van der Waals surface area (Å²) in [5.74, 6) is 1.07. The summed E-state index contributed by atoms with van der Waals surface area (Å²) < 4.78 is 0. The van der Waals surface area contributed by atoms with E-state index in [1.54, 1.807) is 0 Å². The Morgan fingerprint density at radius 3 is 2.52 bits per heavy atom. The Bertz CT molecular complexity index is 1120. The lowest BCUT2D eigenvalue weighted by Crippen LogP contribution is -2.29. The van der Waals surface area contributed by atoms with E-state index in [2.05, 4.69) is 61.2 Å². The fraction of sp³-hybridized carbons (Fsp3) is 0.320. The van der Waals surface area contributed by atoms with Gasteiger partial charge in [0, 0.05) is 18.2 Å². The van der Waals surface area contributed by atoms with Crippen LogP contribution in [-0.2, 0) is 12.8 Å². The smallest absolute Gasteiger partial charge is 0.230 e. The maximum Gasteiger partial charge on any atom is 0.230 e. The number of benzene rings is 2. The van der Waals surface area contributed by atoms with Gasteiger partial charge in [-0.1, -0.05) is 42.5 Å². The number of aryl methyl sites for hydroxylation is 2. The number of carbonyl (C=O) groups excluding carboxylic acids is 1. The van der Waals surface area contributed by atoms with Crippen molar-refractivity contribution in [1.29, 1.82) is 0 Å². The fourth-order valence-electron chi connectivity index (χ4n) is 5.00. The topological polar surface area (TPSA) is 46.1 Å². The first-order chi connectivity index (χ1) is 14.0. The van der Waals surface area contributed by atoms with Gasteiger partial charge in [0.05, 0.1) is 17.0 Å². The van der Waals surface area contributed by atoms with Crippen molar-refractivity contribution in [2.24, 2.45) is 0 Å². The Hall–Kier alpha value is -3.01. The Morgan fingerprint density at radius 1 is 0.931 bits per heavy atom. The number of para-hydroxylation sites is 1. The number of hydrogen-bond donors (Lipinski definition) is 0. The van der Waals surface area contributed by atoms with E-state index < -0.39 is 0 Å². The van der Waals surface area contributed by atoms with Crippen LogP contribution in [0.25, 0.3) is 0 Å². The van der Waals surface area contributed by atoms with Crippen LogP contribution in [0.1, 0.15) is 57.7 Å². The van der Waals surface area contributed by atoms with Crippen LogP contribution < -0.4 is 4.90 Å². The van der Waals surface area contributed by atoms with Crippen molar-refractivity contribution in [3.63, 3.8) is 0 Å². The molecule has 4 heteroatoms. The molecule has 2 unspecified atom stereocenters. The molecule has 3 aromatic rings. The molecule has 0 fully saturated rings. The van der Waals surface area contributed by atoms with E-state index in [9.17, 15) is 4.79 Å². The van der Waals surface area contributed by atoms with Crippen molar-refractivity contribution in [2.75, 3.05) is 4.90 Å². The minimum absolute atomic E-state index is 0.165. The van der Waals surface area contributed by atoms with Crippen molar-refractivity contribution in [3.05, 3.63) is 82.2 Å². The van der Waals surface area contributed by atoms with Gasteiger partial charge in [-0.3, -0.25) is 4.79 Å². The van der Waals surface area contributed by atoms with E-state index >= 15 is 0 Å². The fourth-order valence-corrected chi connectivity index (χ4v) is 5.00. The summed E-state index contributed by atoms with van der Waals surface area (Å²) in [6.07, 6.45) is 2.30. The molecule has 146 valence electrons. The number of fused-ring (bicyclic) bond motifs is 2. The molecule has 1 aliphatic heterocycles. The van der Waals surface area contributed by atoms with Crippen LogP contribution in [0.5, 0.6) is 0 Å². The molecule has 0 radical (unpaired) electrons. The van der Waals surface area contributed by atoms with Crippen LogP contribution in [0.4, 0.5) is 11.6 Å². The molecule has 1 aliphatic carbocycles. The first kappa shape index (κ1) is 18.0. The lowest BCUT2D eigenvalue weighted by Gasteiger charge is -2.28. The summed E-state index contributed by atoms with van der Waals surface area (Å²) in [5.41, 5.74) is 7.43. The molecular formula is C25H25N3O. The Balaban J connectivity index is 1.58. The molecule has 0 saturated carbocycles. The highest BCUT2D eigenvalue weighted by atomic mass is 16.1. The summed E-state index contributed by atoms with van der Waals surface area (Å²) in [4.78, 5) is 25.0. The number of Topliss-reactive ketones (excluding diaryl/α,β-unsaturated/α-hetero) is 1. The van der Waals surface area contributed by atoms with Crippen LogP contribution in [0.2, 0.25) is 0 Å². The third-order valence-corrected chi connectivity index (χ3v) is 6.35. The second kappa shape index (κ2) is 6.80. The molecule has 0 bridgehead atoms. The standard InChI is InChI=1S/C25H25N3O/c1-15-8-4-6-10-20(15)19-13-21-24(23(29)14-19)17(3)26-25(27-21)28-16(2)12-18-9-5-7-11-22(18)28/h4-11,16,19H,12-14H2,1-3H3. The number of ketones is 1. The molecule has 2 aliphatic rings. The van der Waals surface area contributed by atoms with Crippen molar-refractivity contribution >= 4 is 17.4 Å². The normalized spacial score (nSPS) is 20.5. The van der Waals surface area contributed by atoms with E-state index in [1.807, 2.05) is 13.0 Å². The molecule has 5 rings (SSSR count). The van der Waals surface area contributed by atoms with Crippen molar-refractivity contribution in [3.8, 4) is 0 Å². The zero-order valence-electron chi connectivity index (χ0n) is 17.1. The van der Waals surface area contributed by atoms with Gasteiger partial charge in [0.15, 0.2) is 5.78 Å². The van der Waals surface area contributed by atoms with Gasteiger partial charge in [0.25, 0.3) is 0 Å². The number of hydrogen-bond acceptors (Lipinski definition) is 4. The highest BCUT2D eigenvalue weighted by molar-refractivity contribution is 6.00. The number of anilines is 2. The van der Waals surface area contributed by atoms with Crippen LogP contribution in [0.3, 0.4) is 0 Å². The van der Waals surface area contributed by atoms with Gasteiger partial charge in [-0.05, 0) is 62.3 Å². The van der Waals surface area contributed by atoms with Gasteiger partial charge < -0.3 is 4.90 Å². The molecule has 2 atom stereocenters. The van der Waals surface area contributed by atoms with E-state index in [-0.39, 0.29) is 11.7 Å². The first-order valence-corrected chi connectivity index (χ1v) is 10.4. The minimum atomic E-state index is 0.165. The van der Waals surface area contributed by atoms with Gasteiger partial charge >= 0.3 is 0 Å². The quantitative estimate of drug-likeness (QED) is 0.618. The second-order valence-corrected chi connectivity index (χ2v) is 8.37. The van der Waals surface area contributed by atoms with E-state index in [1.165, 1.54) is 22.4 Å². The lowest BCUT2D eigenvalue weighted by atomic mass is 9.80. The molecule has 29 heavy (non-hydrogen) atoms. The maximum atomic E-state index is 13.0. The average Bonchev–Trinajstić information content (AvgIpc) is 3.03. The summed E-state index contributed by atoms with van der Waals surface area (Å²) >= 11 is 0. The molecule has 0 N–H and O–H groups in total. The predicted octanol–water partition coefficient (Wildman–Crippen LogP) is 5.09. The van der Waals surface area contributed by atoms with E-state index in [0.29, 0.717) is 12.5 Å². The number of rotatable bonds is 2. The van der Waals surface area contributed by atoms with Gasteiger partial charge in [-0.15, -0.1) is 0 Å². The van der Waals surface area contributed by atoms with E-state index in [4.69, 9.17) is 9.97 Å². The third-order valence-electron chi connectivity index (χ3n) is 6.35. The number of aromatic nitrogens is 2. The maximum absolute atomic E-state index is 13.0. The van der Waals surface area contributed by atoms with Crippen molar-refractivity contribution < 1.29 is 4.79 Å². The van der Waals surface area contributed by atoms with Gasteiger partial charge in [-0.2, -0.15) is 0 Å². The molecule has 0 spiro atoms. The second-order valence-electron chi connectivity index (χ2n) is 8.37. The van der Waals surface area contributed by atoms with Gasteiger partial charge in [0.2, 0.25) is 5.95 Å². The summed E-state index contributed by atoms with van der Waals surface area (Å²) in [5, 5.41) is 0. The first-order valence-electron chi connectivity index (χ1n) is 10.4. The summed E-state index contributed by atoms with van der Waals surface area (Å²) in [7, 11) is 0. The van der Waals surface area contributed by atoms with Crippen molar-refractivity contribution in [2.45, 2.75) is 52.0 Å². The van der Waals surface area contributed by atoms with Crippen LogP contribution in [0.15, 0.2) is 48.5 Å². The highest BCUT2D eigenvalue weighted by Crippen LogP contribution is 2.39. The highest BCUT2D eigenvalue weighted by Gasteiger charge is 2.34. The van der Waals surface area contributed by atoms with E-state index in [0.717, 1.165) is 35.7 Å². The number of nitrogens with zero attached hydrogens (tertiary/aromatic N) is 3. The molecule has 2 aromatic carbocycles. The largest absolute Gasteiger partial charge is 0.307 e. The zero-order chi connectivity index (χ0) is 20.1. The molecule has 1 aromatic heterocycles. The predicted molar refractivity (Wildman–Crippen MR) is 115 cm³/mol. The molecule has 4 nitrogen and oxygen atoms in total. The Morgan fingerprint density at radius 2 is 1.69 bits per heavy atom. The Kier molecular flexibility index (Phi) is 4.23. The zero-order valence-corrected chi connectivity index (χ0v) is 17.1. The summed E-state index contributed by atoms with van der Waals surface area (Å²) in [6.45, 7) is 6.27. The van der Waals surface area contributed by atoms with Gasteiger partial charge in [-0.25, -0.2) is 9.97 Å². The van der Waals surface area contributed by atoms with Crippen LogP contribution >= 0.6 is 0 Å². The van der Waals surface area contributed by atoms with Crippen LogP contribution in [-0.4, -0.2) is 21.8 Å². The average molecular weight is 383 g/mol. The molecule has 2 heterocycles. The molecule has 0 amide bonds. The SMILES string of the molecule is Cc1ccccc1C1CC(=O)c2c(C)nc(N3c4ccccc4CC3C)nc2C1. The Labute approximate surface area is 171 Å². The van der Waals surface area contributed by atoms with Crippen LogP contribution in [0, 0.1) is 13.8 Å². The monoisotopic (exact) mass is 383 g/mol. The lowest BCUT2D eigenvalue weighted by molar-refractivity contribution is 0.0962. The van der Waals surface area contributed by atoms with Crippen molar-refractivity contribution in [1.82, 2.24) is 9.97 Å². The molecular weight excluding hydrogens is 358 g/mol.